The van der Waals surface area contributed by atoms with Gasteiger partial charge in [0.05, 0.1) is 0 Å². The van der Waals surface area contributed by atoms with Crippen LogP contribution in [0.4, 0.5) is 0 Å². The van der Waals surface area contributed by atoms with Gasteiger partial charge < -0.3 is 14.5 Å². The number of benzene rings is 4. The molecule has 0 saturated heterocycles. The number of rotatable bonds is 4. The second-order valence-corrected chi connectivity index (χ2v) is 10.8. The average Bonchev–Trinajstić information content (AvgIpc) is 3.44. The van der Waals surface area contributed by atoms with Crippen molar-refractivity contribution in [3.8, 4) is 22.5 Å². The van der Waals surface area contributed by atoms with Gasteiger partial charge in [-0.15, -0.1) is 40.5 Å². The van der Waals surface area contributed by atoms with E-state index in [9.17, 15) is 0 Å². The molecule has 0 unspecified atom stereocenters. The van der Waals surface area contributed by atoms with Crippen LogP contribution in [0.5, 0.6) is 0 Å². The van der Waals surface area contributed by atoms with Crippen LogP contribution in [0.25, 0.3) is 55.0 Å². The summed E-state index contributed by atoms with van der Waals surface area (Å²) < 4.78 is 5.35. The molecule has 0 amide bonds. The monoisotopic (exact) mass is 726 g/mol. The molecule has 3 heterocycles. The summed E-state index contributed by atoms with van der Waals surface area (Å²) in [6, 6.07) is 34.4. The minimum atomic E-state index is 0. The molecule has 4 nitrogen and oxygen atoms in total. The molecule has 3 aromatic heterocycles. The zero-order valence-electron chi connectivity index (χ0n) is 24.1. The number of pyridine rings is 2. The number of nitrogens with zero attached hydrogens (tertiary/aromatic N) is 3. The van der Waals surface area contributed by atoms with Gasteiger partial charge in [0.1, 0.15) is 0 Å². The van der Waals surface area contributed by atoms with Crippen molar-refractivity contribution < 1.29 is 24.6 Å². The summed E-state index contributed by atoms with van der Waals surface area (Å²) in [7, 11) is 0. The molecule has 4 aromatic carbocycles. The van der Waals surface area contributed by atoms with Gasteiger partial charge in [-0.3, -0.25) is 0 Å². The summed E-state index contributed by atoms with van der Waals surface area (Å²) in [4.78, 5) is 8.79. The van der Waals surface area contributed by atoms with E-state index >= 15 is 0 Å². The van der Waals surface area contributed by atoms with Crippen LogP contribution in [0.1, 0.15) is 50.7 Å². The van der Waals surface area contributed by atoms with Crippen molar-refractivity contribution >= 4 is 32.5 Å². The number of para-hydroxylation sites is 1. The second kappa shape index (κ2) is 12.8. The Morgan fingerprint density at radius 2 is 1.43 bits per heavy atom. The molecular formula is C37H31IrN3O-2. The van der Waals surface area contributed by atoms with Crippen LogP contribution in [0, 0.1) is 12.3 Å². The Morgan fingerprint density at radius 3 is 2.24 bits per heavy atom. The van der Waals surface area contributed by atoms with E-state index < -0.39 is 0 Å². The largest absolute Gasteiger partial charge is 0.366 e. The van der Waals surface area contributed by atoms with Crippen LogP contribution >= 0.6 is 0 Å². The van der Waals surface area contributed by atoms with Crippen LogP contribution in [-0.4, -0.2) is 15.1 Å². The van der Waals surface area contributed by atoms with Crippen LogP contribution in [0.3, 0.4) is 0 Å². The fourth-order valence-corrected chi connectivity index (χ4v) is 5.06. The maximum absolute atomic E-state index is 5.35. The zero-order chi connectivity index (χ0) is 28.3. The molecule has 0 bridgehead atoms. The Morgan fingerprint density at radius 1 is 0.690 bits per heavy atom. The van der Waals surface area contributed by atoms with Crippen molar-refractivity contribution in [3.63, 3.8) is 0 Å². The van der Waals surface area contributed by atoms with Crippen molar-refractivity contribution in [2.24, 2.45) is 0 Å². The summed E-state index contributed by atoms with van der Waals surface area (Å²) in [5, 5.41) is 9.75. The van der Waals surface area contributed by atoms with Crippen molar-refractivity contribution in [1.29, 1.82) is 0 Å². The normalized spacial score (nSPS) is 11.1. The molecule has 0 spiro atoms. The maximum Gasteiger partial charge on any atom is 0.157 e. The van der Waals surface area contributed by atoms with E-state index in [4.69, 9.17) is 4.52 Å². The van der Waals surface area contributed by atoms with Gasteiger partial charge in [0.15, 0.2) is 5.58 Å². The summed E-state index contributed by atoms with van der Waals surface area (Å²) in [6.45, 7) is 8.88. The Labute approximate surface area is 260 Å². The first kappa shape index (κ1) is 29.3. The number of aromatic nitrogens is 3. The maximum atomic E-state index is 5.35. The fourth-order valence-electron chi connectivity index (χ4n) is 5.06. The molecule has 0 atom stereocenters. The molecule has 0 aliphatic heterocycles. The minimum Gasteiger partial charge on any atom is -0.366 e. The predicted molar refractivity (Wildman–Crippen MR) is 168 cm³/mol. The third-order valence-electron chi connectivity index (χ3n) is 7.43. The smallest absolute Gasteiger partial charge is 0.157 e. The van der Waals surface area contributed by atoms with Crippen molar-refractivity contribution in [1.82, 2.24) is 15.1 Å². The van der Waals surface area contributed by atoms with E-state index in [2.05, 4.69) is 91.5 Å². The molecule has 7 aromatic rings. The third kappa shape index (κ3) is 5.90. The topological polar surface area (TPSA) is 51.8 Å². The van der Waals surface area contributed by atoms with Crippen LogP contribution in [0.15, 0.2) is 108 Å². The predicted octanol–water partition coefficient (Wildman–Crippen LogP) is 9.79. The Hall–Kier alpha value is -4.18. The summed E-state index contributed by atoms with van der Waals surface area (Å²) in [5.74, 6) is 1.05. The van der Waals surface area contributed by atoms with E-state index in [-0.39, 0.29) is 20.1 Å². The van der Waals surface area contributed by atoms with E-state index in [0.717, 1.165) is 44.3 Å². The molecule has 1 radical (unpaired) electrons. The van der Waals surface area contributed by atoms with Gasteiger partial charge in [-0.05, 0) is 58.4 Å². The van der Waals surface area contributed by atoms with Gasteiger partial charge in [0.25, 0.3) is 0 Å². The van der Waals surface area contributed by atoms with Crippen LogP contribution in [-0.2, 0) is 20.1 Å². The van der Waals surface area contributed by atoms with Crippen molar-refractivity contribution in [2.45, 2.75) is 39.5 Å². The van der Waals surface area contributed by atoms with Gasteiger partial charge >= 0.3 is 0 Å². The average molecular weight is 726 g/mol. The van der Waals surface area contributed by atoms with E-state index in [0.29, 0.717) is 11.8 Å². The first-order chi connectivity index (χ1) is 20.0. The summed E-state index contributed by atoms with van der Waals surface area (Å²) >= 11 is 0. The second-order valence-electron chi connectivity index (χ2n) is 10.8. The Bertz CT molecular complexity index is 1970. The third-order valence-corrected chi connectivity index (χ3v) is 7.43. The molecule has 0 N–H and O–H groups in total. The molecule has 42 heavy (non-hydrogen) atoms. The summed E-state index contributed by atoms with van der Waals surface area (Å²) in [6.07, 6.45) is 6.74. The van der Waals surface area contributed by atoms with Gasteiger partial charge in [-0.2, -0.15) is 0 Å². The van der Waals surface area contributed by atoms with E-state index in [1.54, 1.807) is 6.20 Å². The van der Waals surface area contributed by atoms with E-state index in [1.165, 1.54) is 21.9 Å². The van der Waals surface area contributed by atoms with Crippen molar-refractivity contribution in [3.05, 3.63) is 127 Å². The standard InChI is InChI=1S/C21H22N.C16H9N2O.Ir/c1-14(2)16-6-5-7-19(13-16)21-20-9-8-17(15(3)4)12-18(20)10-11-22-21;1-2-6-12-11(5-1)9-17-10-14(12)16-13-7-3-4-8-15(13)19-18-16;/h5-6,8-15H,1-4H3;1-9H;/q2*-1;. The number of hydrogen-bond donors (Lipinski definition) is 0. The molecule has 7 rings (SSSR count). The minimum absolute atomic E-state index is 0. The molecule has 211 valence electrons. The van der Waals surface area contributed by atoms with Gasteiger partial charge in [0, 0.05) is 37.4 Å². The number of fused-ring (bicyclic) bond motifs is 3. The Balaban J connectivity index is 0.000000165. The molecule has 0 aliphatic rings. The molecule has 0 aliphatic carbocycles. The molecule has 0 saturated carbocycles. The van der Waals surface area contributed by atoms with Gasteiger partial charge in [0.2, 0.25) is 0 Å². The van der Waals surface area contributed by atoms with E-state index in [1.807, 2.05) is 60.8 Å². The zero-order valence-corrected chi connectivity index (χ0v) is 26.4. The molecule has 5 heteroatoms. The van der Waals surface area contributed by atoms with Gasteiger partial charge in [-0.25, -0.2) is 0 Å². The first-order valence-corrected chi connectivity index (χ1v) is 14.0. The van der Waals surface area contributed by atoms with Crippen LogP contribution < -0.4 is 0 Å². The first-order valence-electron chi connectivity index (χ1n) is 14.0. The fraction of sp³-hybridized carbons (Fsp3) is 0.162. The van der Waals surface area contributed by atoms with Gasteiger partial charge in [-0.1, -0.05) is 105 Å². The van der Waals surface area contributed by atoms with Crippen molar-refractivity contribution in [2.75, 3.05) is 0 Å². The quantitative estimate of drug-likeness (QED) is 0.170. The SMILES string of the molecule is CC(C)c1cc[c-]c(-c2nccc3cc(C(C)C)ccc23)c1.[Ir].[c-]1ncc2ccccc2c1-c1noc2ccccc12. The molecular weight excluding hydrogens is 695 g/mol. The molecule has 0 fully saturated rings. The Kier molecular flexibility index (Phi) is 8.91. The number of hydrogen-bond acceptors (Lipinski definition) is 4. The summed E-state index contributed by atoms with van der Waals surface area (Å²) in [5.41, 5.74) is 7.24. The van der Waals surface area contributed by atoms with Crippen LogP contribution in [0.2, 0.25) is 0 Å².